The molecule has 0 radical (unpaired) electrons. The summed E-state index contributed by atoms with van der Waals surface area (Å²) >= 11 is 0. The van der Waals surface area contributed by atoms with Crippen molar-refractivity contribution < 1.29 is 19.1 Å². The normalized spacial score (nSPS) is 11.5. The Kier molecular flexibility index (Phi) is 6.17. The number of rotatable bonds is 6. The summed E-state index contributed by atoms with van der Waals surface area (Å²) in [5.74, 6) is -1.60. The van der Waals surface area contributed by atoms with Gasteiger partial charge in [0.2, 0.25) is 5.78 Å². The molecule has 0 aliphatic heterocycles. The highest BCUT2D eigenvalue weighted by molar-refractivity contribution is 6.35. The number of carbonyl (C=O) groups excluding carboxylic acids is 3. The van der Waals surface area contributed by atoms with Gasteiger partial charge >= 0.3 is 5.97 Å². The van der Waals surface area contributed by atoms with Crippen molar-refractivity contribution in [3.63, 3.8) is 0 Å². The standard InChI is InChI=1S/C12H19NO4/c1-6-10(7-17-12(16)8(2)3)13(5)11(15)9(4)14/h10H,2,6-7H2,1,3-5H3. The van der Waals surface area contributed by atoms with E-state index in [0.717, 1.165) is 0 Å². The van der Waals surface area contributed by atoms with Crippen molar-refractivity contribution in [3.05, 3.63) is 12.2 Å². The van der Waals surface area contributed by atoms with Gasteiger partial charge in [-0.05, 0) is 13.3 Å². The molecule has 0 saturated heterocycles. The maximum atomic E-state index is 11.4. The van der Waals surface area contributed by atoms with Crippen molar-refractivity contribution >= 4 is 17.7 Å². The molecule has 17 heavy (non-hydrogen) atoms. The number of ketones is 1. The zero-order chi connectivity index (χ0) is 13.6. The van der Waals surface area contributed by atoms with Gasteiger partial charge in [-0.2, -0.15) is 0 Å². The summed E-state index contributed by atoms with van der Waals surface area (Å²) < 4.78 is 4.96. The van der Waals surface area contributed by atoms with Gasteiger partial charge < -0.3 is 9.64 Å². The summed E-state index contributed by atoms with van der Waals surface area (Å²) in [4.78, 5) is 34.9. The van der Waals surface area contributed by atoms with Crippen molar-refractivity contribution in [1.29, 1.82) is 0 Å². The highest BCUT2D eigenvalue weighted by Crippen LogP contribution is 2.05. The number of hydrogen-bond acceptors (Lipinski definition) is 4. The van der Waals surface area contributed by atoms with Crippen molar-refractivity contribution in [2.24, 2.45) is 0 Å². The Labute approximate surface area is 101 Å². The van der Waals surface area contributed by atoms with E-state index >= 15 is 0 Å². The average molecular weight is 241 g/mol. The van der Waals surface area contributed by atoms with Crippen molar-refractivity contribution in [1.82, 2.24) is 4.90 Å². The number of Topliss-reactive ketones (excluding diaryl/α,β-unsaturated/α-hetero) is 1. The predicted octanol–water partition coefficient (Wildman–Crippen LogP) is 0.932. The van der Waals surface area contributed by atoms with E-state index in [1.165, 1.54) is 18.9 Å². The number of likely N-dealkylation sites (N-methyl/N-ethyl adjacent to an activating group) is 1. The lowest BCUT2D eigenvalue weighted by Gasteiger charge is -2.25. The summed E-state index contributed by atoms with van der Waals surface area (Å²) in [7, 11) is 1.52. The smallest absolute Gasteiger partial charge is 0.333 e. The highest BCUT2D eigenvalue weighted by Gasteiger charge is 2.22. The van der Waals surface area contributed by atoms with Crippen LogP contribution in [0.1, 0.15) is 27.2 Å². The number of carbonyl (C=O) groups is 3. The third kappa shape index (κ3) is 4.80. The van der Waals surface area contributed by atoms with Gasteiger partial charge in [0, 0.05) is 19.5 Å². The molecule has 0 heterocycles. The van der Waals surface area contributed by atoms with Crippen molar-refractivity contribution in [2.45, 2.75) is 33.2 Å². The lowest BCUT2D eigenvalue weighted by Crippen LogP contribution is -2.42. The molecule has 0 fully saturated rings. The number of amides is 1. The third-order valence-electron chi connectivity index (χ3n) is 2.40. The molecule has 0 rings (SSSR count). The second-order valence-corrected chi connectivity index (χ2v) is 3.91. The Morgan fingerprint density at radius 1 is 1.29 bits per heavy atom. The molecule has 1 amide bonds. The van der Waals surface area contributed by atoms with Crippen LogP contribution in [0.25, 0.3) is 0 Å². The minimum absolute atomic E-state index is 0.0672. The molecule has 0 spiro atoms. The van der Waals surface area contributed by atoms with E-state index in [-0.39, 0.29) is 12.6 Å². The summed E-state index contributed by atoms with van der Waals surface area (Å²) in [5.41, 5.74) is 0.306. The first-order chi connectivity index (χ1) is 7.81. The van der Waals surface area contributed by atoms with Gasteiger partial charge in [-0.3, -0.25) is 9.59 Å². The Morgan fingerprint density at radius 3 is 2.18 bits per heavy atom. The van der Waals surface area contributed by atoms with Crippen LogP contribution in [0.3, 0.4) is 0 Å². The minimum Gasteiger partial charge on any atom is -0.460 e. The second kappa shape index (κ2) is 6.83. The summed E-state index contributed by atoms with van der Waals surface area (Å²) in [6.45, 7) is 8.14. The molecule has 5 nitrogen and oxygen atoms in total. The molecule has 0 aliphatic carbocycles. The van der Waals surface area contributed by atoms with Crippen LogP contribution in [-0.2, 0) is 19.1 Å². The van der Waals surface area contributed by atoms with Crippen LogP contribution >= 0.6 is 0 Å². The molecular weight excluding hydrogens is 222 g/mol. The quantitative estimate of drug-likeness (QED) is 0.394. The van der Waals surface area contributed by atoms with E-state index in [0.29, 0.717) is 12.0 Å². The van der Waals surface area contributed by atoms with Crippen LogP contribution < -0.4 is 0 Å². The van der Waals surface area contributed by atoms with E-state index in [9.17, 15) is 14.4 Å². The molecule has 0 aromatic rings. The van der Waals surface area contributed by atoms with E-state index in [1.807, 2.05) is 6.92 Å². The van der Waals surface area contributed by atoms with Crippen LogP contribution in [0, 0.1) is 0 Å². The zero-order valence-corrected chi connectivity index (χ0v) is 10.8. The topological polar surface area (TPSA) is 63.7 Å². The second-order valence-electron chi connectivity index (χ2n) is 3.91. The zero-order valence-electron chi connectivity index (χ0n) is 10.8. The summed E-state index contributed by atoms with van der Waals surface area (Å²) in [6.07, 6.45) is 0.596. The molecule has 0 aromatic heterocycles. The SMILES string of the molecule is C=C(C)C(=O)OCC(CC)N(C)C(=O)C(C)=O. The maximum absolute atomic E-state index is 11.4. The van der Waals surface area contributed by atoms with Crippen LogP contribution in [0.15, 0.2) is 12.2 Å². The molecule has 96 valence electrons. The van der Waals surface area contributed by atoms with Gasteiger partial charge in [-0.25, -0.2) is 4.79 Å². The van der Waals surface area contributed by atoms with Crippen LogP contribution in [-0.4, -0.2) is 42.3 Å². The Morgan fingerprint density at radius 2 is 1.82 bits per heavy atom. The van der Waals surface area contributed by atoms with Crippen molar-refractivity contribution in [2.75, 3.05) is 13.7 Å². The maximum Gasteiger partial charge on any atom is 0.333 e. The van der Waals surface area contributed by atoms with Gasteiger partial charge in [0.15, 0.2) is 0 Å². The average Bonchev–Trinajstić information content (AvgIpc) is 2.27. The molecule has 0 bridgehead atoms. The molecule has 1 atom stereocenters. The molecule has 0 aromatic carbocycles. The minimum atomic E-state index is -0.580. The fourth-order valence-electron chi connectivity index (χ4n) is 1.21. The monoisotopic (exact) mass is 241 g/mol. The summed E-state index contributed by atoms with van der Waals surface area (Å²) in [6, 6.07) is -0.297. The highest BCUT2D eigenvalue weighted by atomic mass is 16.5. The number of esters is 1. The Balaban J connectivity index is 4.43. The van der Waals surface area contributed by atoms with E-state index in [1.54, 1.807) is 6.92 Å². The number of ether oxygens (including phenoxy) is 1. The fourth-order valence-corrected chi connectivity index (χ4v) is 1.21. The molecule has 1 unspecified atom stereocenters. The molecular formula is C12H19NO4. The first-order valence-corrected chi connectivity index (χ1v) is 5.41. The third-order valence-corrected chi connectivity index (χ3v) is 2.40. The van der Waals surface area contributed by atoms with Crippen LogP contribution in [0.2, 0.25) is 0 Å². The Bertz CT molecular complexity index is 335. The van der Waals surface area contributed by atoms with Crippen LogP contribution in [0.4, 0.5) is 0 Å². The number of nitrogens with zero attached hydrogens (tertiary/aromatic N) is 1. The van der Waals surface area contributed by atoms with Crippen LogP contribution in [0.5, 0.6) is 0 Å². The lowest BCUT2D eigenvalue weighted by atomic mass is 10.2. The van der Waals surface area contributed by atoms with E-state index in [2.05, 4.69) is 6.58 Å². The first-order valence-electron chi connectivity index (χ1n) is 5.41. The largest absolute Gasteiger partial charge is 0.460 e. The van der Waals surface area contributed by atoms with E-state index < -0.39 is 17.7 Å². The van der Waals surface area contributed by atoms with Gasteiger partial charge in [0.25, 0.3) is 5.91 Å². The van der Waals surface area contributed by atoms with E-state index in [4.69, 9.17) is 4.74 Å². The number of hydrogen-bond donors (Lipinski definition) is 0. The van der Waals surface area contributed by atoms with Gasteiger partial charge in [-0.15, -0.1) is 0 Å². The Hall–Kier alpha value is -1.65. The molecule has 0 saturated carbocycles. The predicted molar refractivity (Wildman–Crippen MR) is 63.3 cm³/mol. The van der Waals surface area contributed by atoms with Gasteiger partial charge in [0.1, 0.15) is 6.61 Å². The molecule has 0 aliphatic rings. The summed E-state index contributed by atoms with van der Waals surface area (Å²) in [5, 5.41) is 0. The fraction of sp³-hybridized carbons (Fsp3) is 0.583. The lowest BCUT2D eigenvalue weighted by molar-refractivity contribution is -0.148. The molecule has 0 N–H and O–H groups in total. The van der Waals surface area contributed by atoms with Gasteiger partial charge in [0.05, 0.1) is 6.04 Å². The van der Waals surface area contributed by atoms with Gasteiger partial charge in [-0.1, -0.05) is 13.5 Å². The van der Waals surface area contributed by atoms with Crippen molar-refractivity contribution in [3.8, 4) is 0 Å². The molecule has 5 heteroatoms. The first kappa shape index (κ1) is 15.3.